The normalized spacial score (nSPS) is 16.7. The third-order valence-electron chi connectivity index (χ3n) is 5.29. The van der Waals surface area contributed by atoms with Gasteiger partial charge < -0.3 is 5.11 Å². The number of hydrogen-bond donors (Lipinski definition) is 1. The summed E-state index contributed by atoms with van der Waals surface area (Å²) in [7, 11) is 0. The maximum absolute atomic E-state index is 9.17. The second kappa shape index (κ2) is 7.49. The van der Waals surface area contributed by atoms with Crippen LogP contribution in [-0.2, 0) is 13.1 Å². The number of benzene rings is 1. The molecule has 1 aromatic carbocycles. The van der Waals surface area contributed by atoms with Crippen LogP contribution in [0.15, 0.2) is 24.4 Å². The van der Waals surface area contributed by atoms with Crippen LogP contribution >= 0.6 is 0 Å². The van der Waals surface area contributed by atoms with Gasteiger partial charge in [-0.3, -0.25) is 9.58 Å². The van der Waals surface area contributed by atoms with Crippen LogP contribution in [0.3, 0.4) is 0 Å². The van der Waals surface area contributed by atoms with E-state index in [-0.39, 0.29) is 6.61 Å². The summed E-state index contributed by atoms with van der Waals surface area (Å²) in [6.07, 6.45) is 4.19. The summed E-state index contributed by atoms with van der Waals surface area (Å²) < 4.78 is 1.97. The molecule has 0 amide bonds. The fourth-order valence-corrected chi connectivity index (χ4v) is 4.04. The Kier molecular flexibility index (Phi) is 5.36. The van der Waals surface area contributed by atoms with E-state index < -0.39 is 0 Å². The Bertz CT molecular complexity index is 661. The van der Waals surface area contributed by atoms with E-state index in [0.29, 0.717) is 12.5 Å². The molecule has 3 rings (SSSR count). The van der Waals surface area contributed by atoms with Crippen LogP contribution in [0.4, 0.5) is 0 Å². The van der Waals surface area contributed by atoms with Gasteiger partial charge in [0.2, 0.25) is 0 Å². The van der Waals surface area contributed by atoms with Gasteiger partial charge in [0.05, 0.1) is 13.2 Å². The highest BCUT2D eigenvalue weighted by Crippen LogP contribution is 2.29. The molecule has 4 heteroatoms. The summed E-state index contributed by atoms with van der Waals surface area (Å²) in [5, 5.41) is 13.5. The average molecular weight is 327 g/mol. The van der Waals surface area contributed by atoms with Crippen LogP contribution in [0.2, 0.25) is 0 Å². The van der Waals surface area contributed by atoms with E-state index in [0.717, 1.165) is 19.6 Å². The maximum atomic E-state index is 9.17. The topological polar surface area (TPSA) is 41.3 Å². The Labute approximate surface area is 145 Å². The molecule has 0 spiro atoms. The molecule has 1 N–H and O–H groups in total. The summed E-state index contributed by atoms with van der Waals surface area (Å²) >= 11 is 0. The van der Waals surface area contributed by atoms with E-state index in [1.165, 1.54) is 40.8 Å². The monoisotopic (exact) mass is 327 g/mol. The minimum atomic E-state index is 0.152. The lowest BCUT2D eigenvalue weighted by molar-refractivity contribution is 0.198. The van der Waals surface area contributed by atoms with Gasteiger partial charge in [-0.1, -0.05) is 17.7 Å². The number of hydrogen-bond acceptors (Lipinski definition) is 3. The molecule has 0 unspecified atom stereocenters. The van der Waals surface area contributed by atoms with Crippen molar-refractivity contribution < 1.29 is 5.11 Å². The molecule has 0 aliphatic carbocycles. The number of piperidine rings is 1. The molecule has 1 saturated heterocycles. The molecule has 0 atom stereocenters. The predicted octanol–water partition coefficient (Wildman–Crippen LogP) is 3.18. The van der Waals surface area contributed by atoms with Crippen LogP contribution in [-0.4, -0.2) is 39.5 Å². The number of aliphatic hydroxyl groups is 1. The second-order valence-electron chi connectivity index (χ2n) is 7.13. The molecular weight excluding hydrogens is 298 g/mol. The highest BCUT2D eigenvalue weighted by Gasteiger charge is 2.23. The standard InChI is InChI=1S/C20H29N3O/c1-15-12-16(2)19(17(3)13-15)14-22-8-5-18(6-9-22)20-4-7-21-23(20)10-11-24/h4,7,12-13,18,24H,5-6,8-11,14H2,1-3H3. The molecule has 24 heavy (non-hydrogen) atoms. The Hall–Kier alpha value is -1.65. The fourth-order valence-electron chi connectivity index (χ4n) is 4.04. The number of aryl methyl sites for hydroxylation is 3. The zero-order valence-corrected chi connectivity index (χ0v) is 15.1. The van der Waals surface area contributed by atoms with Gasteiger partial charge in [0.25, 0.3) is 0 Å². The van der Waals surface area contributed by atoms with E-state index in [1.54, 1.807) is 0 Å². The van der Waals surface area contributed by atoms with Gasteiger partial charge >= 0.3 is 0 Å². The Morgan fingerprint density at radius 2 is 1.79 bits per heavy atom. The van der Waals surface area contributed by atoms with Crippen molar-refractivity contribution in [3.05, 3.63) is 52.3 Å². The summed E-state index contributed by atoms with van der Waals surface area (Å²) in [5.74, 6) is 0.565. The van der Waals surface area contributed by atoms with Gasteiger partial charge in [0, 0.05) is 24.4 Å². The SMILES string of the molecule is Cc1cc(C)c(CN2CCC(c3ccnn3CCO)CC2)c(C)c1. The molecule has 1 aliphatic heterocycles. The largest absolute Gasteiger partial charge is 0.394 e. The number of aliphatic hydroxyl groups excluding tert-OH is 1. The van der Waals surface area contributed by atoms with Crippen molar-refractivity contribution in [1.29, 1.82) is 0 Å². The van der Waals surface area contributed by atoms with Gasteiger partial charge in [0.1, 0.15) is 0 Å². The van der Waals surface area contributed by atoms with Gasteiger partial charge in [-0.2, -0.15) is 5.10 Å². The molecule has 4 nitrogen and oxygen atoms in total. The quantitative estimate of drug-likeness (QED) is 0.917. The van der Waals surface area contributed by atoms with Crippen molar-refractivity contribution >= 4 is 0 Å². The van der Waals surface area contributed by atoms with Crippen LogP contribution in [0.1, 0.15) is 46.7 Å². The van der Waals surface area contributed by atoms with Gasteiger partial charge in [0.15, 0.2) is 0 Å². The highest BCUT2D eigenvalue weighted by atomic mass is 16.3. The molecule has 0 saturated carbocycles. The molecule has 130 valence electrons. The smallest absolute Gasteiger partial charge is 0.0644 e. The first-order chi connectivity index (χ1) is 11.6. The summed E-state index contributed by atoms with van der Waals surface area (Å²) in [5.41, 5.74) is 6.95. The van der Waals surface area contributed by atoms with Crippen molar-refractivity contribution in [2.75, 3.05) is 19.7 Å². The molecule has 2 heterocycles. The average Bonchev–Trinajstić information content (AvgIpc) is 3.00. The summed E-state index contributed by atoms with van der Waals surface area (Å²) in [4.78, 5) is 2.58. The van der Waals surface area contributed by atoms with Crippen LogP contribution in [0, 0.1) is 20.8 Å². The zero-order chi connectivity index (χ0) is 17.1. The maximum Gasteiger partial charge on any atom is 0.0644 e. The van der Waals surface area contributed by atoms with E-state index >= 15 is 0 Å². The van der Waals surface area contributed by atoms with Crippen molar-refractivity contribution in [1.82, 2.24) is 14.7 Å². The lowest BCUT2D eigenvalue weighted by Crippen LogP contribution is -2.33. The molecular formula is C20H29N3O. The highest BCUT2D eigenvalue weighted by molar-refractivity contribution is 5.37. The Morgan fingerprint density at radius 3 is 2.42 bits per heavy atom. The first kappa shape index (κ1) is 17.2. The van der Waals surface area contributed by atoms with E-state index in [1.807, 2.05) is 10.9 Å². The van der Waals surface area contributed by atoms with E-state index in [9.17, 15) is 0 Å². The second-order valence-corrected chi connectivity index (χ2v) is 7.13. The molecule has 1 aromatic heterocycles. The van der Waals surface area contributed by atoms with Gasteiger partial charge in [-0.25, -0.2) is 0 Å². The van der Waals surface area contributed by atoms with Crippen LogP contribution < -0.4 is 0 Å². The molecule has 1 fully saturated rings. The third kappa shape index (κ3) is 3.70. The predicted molar refractivity (Wildman–Crippen MR) is 97.2 cm³/mol. The number of aromatic nitrogens is 2. The lowest BCUT2D eigenvalue weighted by atomic mass is 9.92. The van der Waals surface area contributed by atoms with Gasteiger partial charge in [-0.05, 0) is 69.5 Å². The summed E-state index contributed by atoms with van der Waals surface area (Å²) in [6.45, 7) is 10.7. The van der Waals surface area contributed by atoms with Crippen molar-refractivity contribution in [2.24, 2.45) is 0 Å². The minimum absolute atomic E-state index is 0.152. The van der Waals surface area contributed by atoms with Crippen molar-refractivity contribution in [2.45, 2.75) is 52.6 Å². The lowest BCUT2D eigenvalue weighted by Gasteiger charge is -2.33. The van der Waals surface area contributed by atoms with E-state index in [2.05, 4.69) is 49.0 Å². The molecule has 2 aromatic rings. The van der Waals surface area contributed by atoms with E-state index in [4.69, 9.17) is 5.11 Å². The van der Waals surface area contributed by atoms with Crippen LogP contribution in [0.5, 0.6) is 0 Å². The first-order valence-electron chi connectivity index (χ1n) is 9.00. The number of rotatable bonds is 5. The Balaban J connectivity index is 1.62. The van der Waals surface area contributed by atoms with Crippen LogP contribution in [0.25, 0.3) is 0 Å². The third-order valence-corrected chi connectivity index (χ3v) is 5.29. The van der Waals surface area contributed by atoms with Crippen molar-refractivity contribution in [3.8, 4) is 0 Å². The molecule has 0 bridgehead atoms. The summed E-state index contributed by atoms with van der Waals surface area (Å²) in [6, 6.07) is 6.70. The first-order valence-corrected chi connectivity index (χ1v) is 9.00. The minimum Gasteiger partial charge on any atom is -0.394 e. The number of nitrogens with zero attached hydrogens (tertiary/aromatic N) is 3. The molecule has 0 radical (unpaired) electrons. The van der Waals surface area contributed by atoms with Gasteiger partial charge in [-0.15, -0.1) is 0 Å². The van der Waals surface area contributed by atoms with Crippen molar-refractivity contribution in [3.63, 3.8) is 0 Å². The molecule has 1 aliphatic rings. The fraction of sp³-hybridized carbons (Fsp3) is 0.550. The number of likely N-dealkylation sites (tertiary alicyclic amines) is 1. The Morgan fingerprint density at radius 1 is 1.12 bits per heavy atom. The zero-order valence-electron chi connectivity index (χ0n) is 15.1.